The van der Waals surface area contributed by atoms with Crippen LogP contribution in [-0.2, 0) is 17.6 Å². The van der Waals surface area contributed by atoms with E-state index < -0.39 is 0 Å². The van der Waals surface area contributed by atoms with Crippen LogP contribution in [0.15, 0.2) is 54.9 Å². The molecule has 1 heterocycles. The van der Waals surface area contributed by atoms with E-state index in [1.165, 1.54) is 11.1 Å². The number of benzene rings is 2. The Kier molecular flexibility index (Phi) is 14.3. The third kappa shape index (κ3) is 11.2. The predicted molar refractivity (Wildman–Crippen MR) is 155 cm³/mol. The molecule has 0 bridgehead atoms. The number of aromatic amines is 1. The standard InChI is InChI=1S/C19H25N3O2.C11H17NO.ClH/c1-14-5-4-6-16(11-14)24-10-3-2-9-20-19(23)15-7-8-17-18(12-15)22-13-21-17;1-10-5-4-6-11(9-10)13-8-3-2-7-12;/h4-6,11,13,15H,2-3,7-10,12H2,1H3,(H,20,23)(H,21,22);4-6,9H,2-3,7-8,12H2,1H3;1H. The lowest BCUT2D eigenvalue weighted by atomic mass is 9.89. The van der Waals surface area contributed by atoms with E-state index in [0.717, 1.165) is 81.0 Å². The van der Waals surface area contributed by atoms with Gasteiger partial charge in [-0.1, -0.05) is 24.3 Å². The maximum absolute atomic E-state index is 12.2. The fourth-order valence-corrected chi connectivity index (χ4v) is 4.24. The number of rotatable bonds is 12. The Morgan fingerprint density at radius 3 is 2.24 bits per heavy atom. The number of aromatic nitrogens is 2. The van der Waals surface area contributed by atoms with E-state index in [4.69, 9.17) is 15.2 Å². The zero-order valence-electron chi connectivity index (χ0n) is 22.7. The minimum Gasteiger partial charge on any atom is -0.494 e. The van der Waals surface area contributed by atoms with Crippen molar-refractivity contribution >= 4 is 18.3 Å². The van der Waals surface area contributed by atoms with Gasteiger partial charge in [0, 0.05) is 24.6 Å². The van der Waals surface area contributed by atoms with Gasteiger partial charge < -0.3 is 25.5 Å². The van der Waals surface area contributed by atoms with Crippen LogP contribution in [0.4, 0.5) is 0 Å². The molecule has 0 spiro atoms. The Morgan fingerprint density at radius 2 is 1.63 bits per heavy atom. The molecular weight excluding hydrogens is 500 g/mol. The summed E-state index contributed by atoms with van der Waals surface area (Å²) in [6.45, 7) is 7.02. The van der Waals surface area contributed by atoms with Crippen LogP contribution in [0.25, 0.3) is 0 Å². The highest BCUT2D eigenvalue weighted by molar-refractivity contribution is 5.85. The van der Waals surface area contributed by atoms with Crippen molar-refractivity contribution in [1.29, 1.82) is 0 Å². The zero-order chi connectivity index (χ0) is 26.3. The van der Waals surface area contributed by atoms with E-state index in [2.05, 4.69) is 41.3 Å². The first-order chi connectivity index (χ1) is 18.0. The molecule has 1 aliphatic carbocycles. The van der Waals surface area contributed by atoms with E-state index in [1.807, 2.05) is 36.4 Å². The normalized spacial score (nSPS) is 13.8. The fourth-order valence-electron chi connectivity index (χ4n) is 4.24. The average molecular weight is 543 g/mol. The first kappa shape index (κ1) is 31.2. The minimum absolute atomic E-state index is 0. The molecule has 0 fully saturated rings. The van der Waals surface area contributed by atoms with Crippen LogP contribution in [-0.4, -0.2) is 42.2 Å². The van der Waals surface area contributed by atoms with Crippen molar-refractivity contribution < 1.29 is 14.3 Å². The maximum Gasteiger partial charge on any atom is 0.223 e. The summed E-state index contributed by atoms with van der Waals surface area (Å²) >= 11 is 0. The van der Waals surface area contributed by atoms with E-state index in [1.54, 1.807) is 6.33 Å². The Labute approximate surface area is 233 Å². The van der Waals surface area contributed by atoms with Crippen LogP contribution >= 0.6 is 12.4 Å². The topological polar surface area (TPSA) is 102 Å². The SMILES string of the molecule is Cc1cccc(OCCCCN)c1.Cc1cccc(OCCCCNC(=O)C2CCc3nc[nH]c3C2)c1.Cl. The molecule has 1 aliphatic rings. The van der Waals surface area contributed by atoms with Crippen molar-refractivity contribution in [1.82, 2.24) is 15.3 Å². The van der Waals surface area contributed by atoms with Crippen LogP contribution in [0.5, 0.6) is 11.5 Å². The predicted octanol–water partition coefficient (Wildman–Crippen LogP) is 5.33. The lowest BCUT2D eigenvalue weighted by molar-refractivity contribution is -0.125. The third-order valence-corrected chi connectivity index (χ3v) is 6.34. The van der Waals surface area contributed by atoms with Crippen molar-refractivity contribution in [2.45, 2.75) is 58.8 Å². The number of unbranched alkanes of at least 4 members (excludes halogenated alkanes) is 2. The maximum atomic E-state index is 12.2. The molecule has 1 atom stereocenters. The Hall–Kier alpha value is -3.03. The molecule has 38 heavy (non-hydrogen) atoms. The number of carbonyl (C=O) groups is 1. The van der Waals surface area contributed by atoms with E-state index in [0.29, 0.717) is 13.2 Å². The van der Waals surface area contributed by atoms with Crippen LogP contribution in [0.2, 0.25) is 0 Å². The van der Waals surface area contributed by atoms with E-state index in [-0.39, 0.29) is 24.2 Å². The monoisotopic (exact) mass is 542 g/mol. The second-order valence-corrected chi connectivity index (χ2v) is 9.59. The number of halogens is 1. The number of nitrogens with one attached hydrogen (secondary N) is 2. The number of amides is 1. The quantitative estimate of drug-likeness (QED) is 0.268. The molecule has 1 amide bonds. The lowest BCUT2D eigenvalue weighted by Gasteiger charge is -2.20. The average Bonchev–Trinajstić information content (AvgIpc) is 3.37. The number of H-pyrrole nitrogens is 1. The fraction of sp³-hybridized carbons (Fsp3) is 0.467. The highest BCUT2D eigenvalue weighted by Crippen LogP contribution is 2.22. The van der Waals surface area contributed by atoms with Gasteiger partial charge in [0.15, 0.2) is 0 Å². The highest BCUT2D eigenvalue weighted by atomic mass is 35.5. The molecule has 208 valence electrons. The van der Waals surface area contributed by atoms with Crippen molar-refractivity contribution in [2.75, 3.05) is 26.3 Å². The van der Waals surface area contributed by atoms with Crippen molar-refractivity contribution in [3.63, 3.8) is 0 Å². The first-order valence-electron chi connectivity index (χ1n) is 13.4. The van der Waals surface area contributed by atoms with Gasteiger partial charge in [-0.3, -0.25) is 4.79 Å². The van der Waals surface area contributed by atoms with Gasteiger partial charge in [0.1, 0.15) is 11.5 Å². The summed E-state index contributed by atoms with van der Waals surface area (Å²) in [5.74, 6) is 2.10. The van der Waals surface area contributed by atoms with Gasteiger partial charge in [0.2, 0.25) is 5.91 Å². The Bertz CT molecular complexity index is 1090. The number of ether oxygens (including phenoxy) is 2. The summed E-state index contributed by atoms with van der Waals surface area (Å²) in [4.78, 5) is 19.7. The number of aryl methyl sites for hydroxylation is 3. The molecule has 7 nitrogen and oxygen atoms in total. The van der Waals surface area contributed by atoms with Gasteiger partial charge >= 0.3 is 0 Å². The summed E-state index contributed by atoms with van der Waals surface area (Å²) in [6, 6.07) is 16.2. The van der Waals surface area contributed by atoms with E-state index in [9.17, 15) is 4.79 Å². The summed E-state index contributed by atoms with van der Waals surface area (Å²) in [7, 11) is 0. The number of carbonyl (C=O) groups excluding carboxylic acids is 1. The molecule has 3 aromatic rings. The summed E-state index contributed by atoms with van der Waals surface area (Å²) in [5, 5.41) is 3.05. The molecule has 4 rings (SSSR count). The van der Waals surface area contributed by atoms with Crippen LogP contribution in [0, 0.1) is 19.8 Å². The van der Waals surface area contributed by atoms with Crippen molar-refractivity contribution in [2.24, 2.45) is 11.7 Å². The second-order valence-electron chi connectivity index (χ2n) is 9.59. The van der Waals surface area contributed by atoms with Crippen LogP contribution in [0.1, 0.15) is 54.6 Å². The number of nitrogens with zero attached hydrogens (tertiary/aromatic N) is 1. The summed E-state index contributed by atoms with van der Waals surface area (Å²) in [5.41, 5.74) is 10.0. The number of nitrogens with two attached hydrogens (primary N) is 1. The van der Waals surface area contributed by atoms with Gasteiger partial charge in [0.25, 0.3) is 0 Å². The third-order valence-electron chi connectivity index (χ3n) is 6.34. The molecule has 2 aromatic carbocycles. The molecule has 0 saturated heterocycles. The zero-order valence-corrected chi connectivity index (χ0v) is 23.5. The van der Waals surface area contributed by atoms with Gasteiger partial charge in [-0.15, -0.1) is 12.4 Å². The number of hydrogen-bond donors (Lipinski definition) is 3. The first-order valence-corrected chi connectivity index (χ1v) is 13.4. The molecule has 8 heteroatoms. The number of fused-ring (bicyclic) bond motifs is 1. The number of hydrogen-bond acceptors (Lipinski definition) is 5. The molecule has 0 radical (unpaired) electrons. The smallest absolute Gasteiger partial charge is 0.223 e. The van der Waals surface area contributed by atoms with Crippen LogP contribution < -0.4 is 20.5 Å². The molecule has 4 N–H and O–H groups in total. The molecule has 1 aromatic heterocycles. The molecular formula is C30H43ClN4O3. The highest BCUT2D eigenvalue weighted by Gasteiger charge is 2.25. The molecule has 0 aliphatic heterocycles. The molecule has 0 saturated carbocycles. The van der Waals surface area contributed by atoms with Gasteiger partial charge in [0.05, 0.1) is 25.2 Å². The second kappa shape index (κ2) is 17.5. The largest absolute Gasteiger partial charge is 0.494 e. The number of imidazole rings is 1. The van der Waals surface area contributed by atoms with Gasteiger partial charge in [-0.25, -0.2) is 4.98 Å². The Morgan fingerprint density at radius 1 is 1.00 bits per heavy atom. The van der Waals surface area contributed by atoms with Crippen molar-refractivity contribution in [3.8, 4) is 11.5 Å². The molecule has 1 unspecified atom stereocenters. The lowest BCUT2D eigenvalue weighted by Crippen LogP contribution is -2.34. The van der Waals surface area contributed by atoms with Crippen LogP contribution in [0.3, 0.4) is 0 Å². The summed E-state index contributed by atoms with van der Waals surface area (Å²) < 4.78 is 11.2. The van der Waals surface area contributed by atoms with Crippen molar-refractivity contribution in [3.05, 3.63) is 77.4 Å². The van der Waals surface area contributed by atoms with Gasteiger partial charge in [-0.2, -0.15) is 0 Å². The van der Waals surface area contributed by atoms with E-state index >= 15 is 0 Å². The summed E-state index contributed by atoms with van der Waals surface area (Å²) in [6.07, 6.45) is 8.21. The minimum atomic E-state index is 0. The Balaban J connectivity index is 0.000000309. The van der Waals surface area contributed by atoms with Gasteiger partial charge in [-0.05, 0) is 94.3 Å².